The second kappa shape index (κ2) is 6.73. The summed E-state index contributed by atoms with van der Waals surface area (Å²) in [6.45, 7) is 8.38. The highest BCUT2D eigenvalue weighted by molar-refractivity contribution is 6.30. The lowest BCUT2D eigenvalue weighted by molar-refractivity contribution is -0.0721. The van der Waals surface area contributed by atoms with E-state index in [1.54, 1.807) is 30.0 Å². The minimum Gasteiger partial charge on any atom is -0.444 e. The van der Waals surface area contributed by atoms with Crippen LogP contribution in [-0.4, -0.2) is 34.7 Å². The van der Waals surface area contributed by atoms with Crippen LogP contribution in [0.1, 0.15) is 44.9 Å². The largest absolute Gasteiger partial charge is 0.444 e. The second-order valence-corrected chi connectivity index (χ2v) is 9.98. The Hall–Kier alpha value is -2.54. The van der Waals surface area contributed by atoms with Gasteiger partial charge in [0.2, 0.25) is 0 Å². The second-order valence-electron chi connectivity index (χ2n) is 9.54. The van der Waals surface area contributed by atoms with Gasteiger partial charge in [0.15, 0.2) is 11.5 Å². The maximum atomic E-state index is 15.0. The zero-order valence-electron chi connectivity index (χ0n) is 17.8. The average molecular weight is 447 g/mol. The molecule has 3 aliphatic rings. The molecule has 0 radical (unpaired) electrons. The van der Waals surface area contributed by atoms with Gasteiger partial charge >= 0.3 is 6.09 Å². The van der Waals surface area contributed by atoms with Crippen LogP contribution in [0.2, 0.25) is 5.02 Å². The van der Waals surface area contributed by atoms with E-state index in [0.29, 0.717) is 40.9 Å². The molecule has 1 aromatic heterocycles. The zero-order valence-corrected chi connectivity index (χ0v) is 18.6. The van der Waals surface area contributed by atoms with Crippen LogP contribution in [0.5, 0.6) is 11.5 Å². The highest BCUT2D eigenvalue weighted by atomic mass is 35.5. The van der Waals surface area contributed by atoms with Crippen molar-refractivity contribution in [2.24, 2.45) is 11.8 Å². The lowest BCUT2D eigenvalue weighted by Gasteiger charge is -2.26. The molecule has 0 bridgehead atoms. The normalized spacial score (nSPS) is 28.5. The molecule has 1 saturated carbocycles. The first-order valence-electron chi connectivity index (χ1n) is 10.4. The average Bonchev–Trinajstić information content (AvgIpc) is 3.01. The number of rotatable bonds is 2. The number of carbonyl (C=O) groups excluding carboxylic acids is 1. The molecule has 2 aliphatic heterocycles. The van der Waals surface area contributed by atoms with E-state index in [1.165, 1.54) is 12.3 Å². The zero-order chi connectivity index (χ0) is 22.1. The van der Waals surface area contributed by atoms with Crippen LogP contribution in [0.3, 0.4) is 0 Å². The van der Waals surface area contributed by atoms with Crippen molar-refractivity contribution in [3.05, 3.63) is 52.6 Å². The summed E-state index contributed by atoms with van der Waals surface area (Å²) < 4.78 is 32.6. The summed E-state index contributed by atoms with van der Waals surface area (Å²) in [5.74, 6) is -0.235. The molecule has 1 aromatic carbocycles. The number of halogens is 2. The van der Waals surface area contributed by atoms with Crippen molar-refractivity contribution in [1.29, 1.82) is 0 Å². The topological polar surface area (TPSA) is 60.9 Å². The van der Waals surface area contributed by atoms with Crippen LogP contribution in [0.4, 0.5) is 9.18 Å². The van der Waals surface area contributed by atoms with E-state index in [9.17, 15) is 9.18 Å². The monoisotopic (exact) mass is 446 g/mol. The number of carbonyl (C=O) groups is 1. The van der Waals surface area contributed by atoms with Crippen LogP contribution in [0.25, 0.3) is 0 Å². The summed E-state index contributed by atoms with van der Waals surface area (Å²) >= 11 is 5.94. The number of hydrogen-bond donors (Lipinski definition) is 0. The van der Waals surface area contributed by atoms with Gasteiger partial charge in [-0.3, -0.25) is 4.98 Å². The van der Waals surface area contributed by atoms with E-state index in [1.807, 2.05) is 20.8 Å². The molecule has 2 unspecified atom stereocenters. The maximum Gasteiger partial charge on any atom is 0.410 e. The summed E-state index contributed by atoms with van der Waals surface area (Å²) in [7, 11) is 0. The third kappa shape index (κ3) is 3.49. The van der Waals surface area contributed by atoms with Crippen molar-refractivity contribution < 1.29 is 23.4 Å². The van der Waals surface area contributed by atoms with Gasteiger partial charge in [-0.15, -0.1) is 0 Å². The number of benzene rings is 1. The van der Waals surface area contributed by atoms with Crippen LogP contribution in [0, 0.1) is 17.7 Å². The van der Waals surface area contributed by atoms with Gasteiger partial charge in [0.05, 0.1) is 5.02 Å². The van der Waals surface area contributed by atoms with Gasteiger partial charge in [0.25, 0.3) is 5.79 Å². The molecule has 164 valence electrons. The lowest BCUT2D eigenvalue weighted by atomic mass is 10.0. The number of amides is 1. The van der Waals surface area contributed by atoms with E-state index >= 15 is 0 Å². The minimum absolute atomic E-state index is 0.0160. The highest BCUT2D eigenvalue weighted by Crippen LogP contribution is 2.63. The van der Waals surface area contributed by atoms with E-state index in [0.717, 1.165) is 0 Å². The van der Waals surface area contributed by atoms with Gasteiger partial charge in [-0.25, -0.2) is 9.18 Å². The molecule has 0 N–H and O–H groups in total. The van der Waals surface area contributed by atoms with E-state index in [4.69, 9.17) is 25.8 Å². The highest BCUT2D eigenvalue weighted by Gasteiger charge is 2.60. The number of hydrogen-bond acceptors (Lipinski definition) is 5. The Morgan fingerprint density at radius 3 is 2.55 bits per heavy atom. The fraction of sp³-hybridized carbons (Fsp3) is 0.478. The molecule has 2 fully saturated rings. The SMILES string of the molecule is CC(C)(C)OC(=O)N1C[C@@H]2C(c3c(F)ccc4c3OC(C)(c3ccc(Cl)cn3)O4)[C@@H]2C1. The van der Waals surface area contributed by atoms with Crippen molar-refractivity contribution in [1.82, 2.24) is 9.88 Å². The van der Waals surface area contributed by atoms with Crippen LogP contribution < -0.4 is 9.47 Å². The molecule has 1 amide bonds. The number of ether oxygens (including phenoxy) is 3. The van der Waals surface area contributed by atoms with Crippen molar-refractivity contribution in [3.63, 3.8) is 0 Å². The summed E-state index contributed by atoms with van der Waals surface area (Å²) in [6.07, 6.45) is 1.20. The predicted molar refractivity (Wildman–Crippen MR) is 112 cm³/mol. The molecule has 8 heteroatoms. The number of pyridine rings is 1. The van der Waals surface area contributed by atoms with Crippen molar-refractivity contribution >= 4 is 17.7 Å². The first-order chi connectivity index (χ1) is 14.6. The van der Waals surface area contributed by atoms with Crippen molar-refractivity contribution in [3.8, 4) is 11.5 Å². The number of likely N-dealkylation sites (tertiary alicyclic amines) is 1. The Morgan fingerprint density at radius 1 is 1.23 bits per heavy atom. The molecular formula is C23H24ClFN2O4. The first-order valence-corrected chi connectivity index (χ1v) is 10.7. The minimum atomic E-state index is -1.16. The Bertz CT molecular complexity index is 1040. The molecule has 5 rings (SSSR count). The molecule has 6 nitrogen and oxygen atoms in total. The molecule has 2 aromatic rings. The maximum absolute atomic E-state index is 15.0. The molecule has 31 heavy (non-hydrogen) atoms. The molecule has 3 heterocycles. The van der Waals surface area contributed by atoms with Gasteiger partial charge < -0.3 is 19.1 Å². The van der Waals surface area contributed by atoms with Gasteiger partial charge in [-0.2, -0.15) is 0 Å². The van der Waals surface area contributed by atoms with E-state index in [-0.39, 0.29) is 29.7 Å². The summed E-state index contributed by atoms with van der Waals surface area (Å²) in [4.78, 5) is 18.4. The standard InChI is InChI=1S/C23H24ClFN2O4/c1-22(2,3)31-21(28)27-10-13-14(11-27)18(13)19-15(25)6-7-16-20(19)30-23(4,29-16)17-8-5-12(24)9-26-17/h5-9,13-14,18H,10-11H2,1-4H3/t13-,14+,18?,23?. The number of fused-ring (bicyclic) bond motifs is 2. The first kappa shape index (κ1) is 20.4. The molecular weight excluding hydrogens is 423 g/mol. The van der Waals surface area contributed by atoms with Crippen LogP contribution in [0.15, 0.2) is 30.5 Å². The number of piperidine rings is 1. The Morgan fingerprint density at radius 2 is 1.94 bits per heavy atom. The van der Waals surface area contributed by atoms with Gasteiger partial charge in [-0.05, 0) is 56.9 Å². The van der Waals surface area contributed by atoms with Gasteiger partial charge in [-0.1, -0.05) is 11.6 Å². The van der Waals surface area contributed by atoms with Gasteiger partial charge in [0, 0.05) is 37.7 Å². The Kier molecular flexibility index (Phi) is 4.42. The Balaban J connectivity index is 1.36. The summed E-state index contributed by atoms with van der Waals surface area (Å²) in [5.41, 5.74) is 0.529. The Labute approximate surface area is 185 Å². The predicted octanol–water partition coefficient (Wildman–Crippen LogP) is 5.10. The number of nitrogens with zero attached hydrogens (tertiary/aromatic N) is 2. The fourth-order valence-electron chi connectivity index (χ4n) is 4.66. The van der Waals surface area contributed by atoms with Gasteiger partial charge in [0.1, 0.15) is 17.1 Å². The fourth-order valence-corrected chi connectivity index (χ4v) is 4.77. The van der Waals surface area contributed by atoms with E-state index < -0.39 is 11.4 Å². The summed E-state index contributed by atoms with van der Waals surface area (Å²) in [5, 5.41) is 0.509. The van der Waals surface area contributed by atoms with Crippen LogP contribution >= 0.6 is 11.6 Å². The molecule has 1 saturated heterocycles. The van der Waals surface area contributed by atoms with Crippen molar-refractivity contribution in [2.45, 2.75) is 45.0 Å². The smallest absolute Gasteiger partial charge is 0.410 e. The third-order valence-corrected chi connectivity index (χ3v) is 6.30. The summed E-state index contributed by atoms with van der Waals surface area (Å²) in [6, 6.07) is 6.44. The van der Waals surface area contributed by atoms with E-state index in [2.05, 4.69) is 4.98 Å². The molecule has 4 atom stereocenters. The van der Waals surface area contributed by atoms with Crippen LogP contribution in [-0.2, 0) is 10.5 Å². The quantitative estimate of drug-likeness (QED) is 0.642. The third-order valence-electron chi connectivity index (χ3n) is 6.08. The number of aromatic nitrogens is 1. The van der Waals surface area contributed by atoms with Crippen molar-refractivity contribution in [2.75, 3.05) is 13.1 Å². The lowest BCUT2D eigenvalue weighted by Crippen LogP contribution is -2.37. The molecule has 1 aliphatic carbocycles. The molecule has 0 spiro atoms.